The maximum atomic E-state index is 11.0. The highest BCUT2D eigenvalue weighted by Crippen LogP contribution is 2.06. The Balaban J connectivity index is 2.57. The van der Waals surface area contributed by atoms with E-state index in [1.165, 1.54) is 6.20 Å². The third-order valence-electron chi connectivity index (χ3n) is 0.907. The monoisotopic (exact) mass is 170 g/mol. The SMILES string of the molecule is CC(C)OC(=O)c1nc[c]s1. The fraction of sp³-hybridized carbons (Fsp3) is 0.429. The van der Waals surface area contributed by atoms with Crippen molar-refractivity contribution >= 4 is 17.3 Å². The van der Waals surface area contributed by atoms with Crippen LogP contribution in [-0.4, -0.2) is 17.1 Å². The van der Waals surface area contributed by atoms with Crippen LogP contribution >= 0.6 is 11.3 Å². The second-order valence-corrected chi connectivity index (χ2v) is 3.06. The van der Waals surface area contributed by atoms with Gasteiger partial charge in [0.1, 0.15) is 0 Å². The lowest BCUT2D eigenvalue weighted by molar-refractivity contribution is 0.0377. The van der Waals surface area contributed by atoms with Gasteiger partial charge in [0.25, 0.3) is 0 Å². The molecule has 3 nitrogen and oxygen atoms in total. The van der Waals surface area contributed by atoms with Crippen molar-refractivity contribution in [2.24, 2.45) is 0 Å². The molecule has 0 aliphatic carbocycles. The summed E-state index contributed by atoms with van der Waals surface area (Å²) in [7, 11) is 0. The molecule has 1 aromatic heterocycles. The average molecular weight is 170 g/mol. The van der Waals surface area contributed by atoms with E-state index in [9.17, 15) is 4.79 Å². The molecule has 0 N–H and O–H groups in total. The first kappa shape index (κ1) is 8.20. The molecule has 59 valence electrons. The summed E-state index contributed by atoms with van der Waals surface area (Å²) >= 11 is 1.16. The molecule has 0 fully saturated rings. The zero-order chi connectivity index (χ0) is 8.27. The molecule has 4 heteroatoms. The van der Waals surface area contributed by atoms with E-state index in [2.05, 4.69) is 10.4 Å². The number of thiazole rings is 1. The maximum absolute atomic E-state index is 11.0. The molecule has 0 aliphatic rings. The van der Waals surface area contributed by atoms with E-state index < -0.39 is 0 Å². The van der Waals surface area contributed by atoms with Crippen LogP contribution in [-0.2, 0) is 4.74 Å². The van der Waals surface area contributed by atoms with Crippen molar-refractivity contribution in [2.75, 3.05) is 0 Å². The van der Waals surface area contributed by atoms with Gasteiger partial charge in [0.2, 0.25) is 5.01 Å². The number of hydrogen-bond acceptors (Lipinski definition) is 4. The topological polar surface area (TPSA) is 39.2 Å². The van der Waals surface area contributed by atoms with E-state index in [-0.39, 0.29) is 12.1 Å². The number of hydrogen-bond donors (Lipinski definition) is 0. The molecule has 0 atom stereocenters. The Hall–Kier alpha value is -0.900. The second kappa shape index (κ2) is 3.48. The van der Waals surface area contributed by atoms with Crippen molar-refractivity contribution in [1.82, 2.24) is 4.98 Å². The van der Waals surface area contributed by atoms with Crippen LogP contribution in [0.1, 0.15) is 23.6 Å². The summed E-state index contributed by atoms with van der Waals surface area (Å²) in [6, 6.07) is 0. The maximum Gasteiger partial charge on any atom is 0.367 e. The van der Waals surface area contributed by atoms with Crippen molar-refractivity contribution in [3.8, 4) is 0 Å². The van der Waals surface area contributed by atoms with Crippen LogP contribution in [0.25, 0.3) is 0 Å². The second-order valence-electron chi connectivity index (χ2n) is 2.24. The van der Waals surface area contributed by atoms with Crippen LogP contribution in [0, 0.1) is 5.38 Å². The summed E-state index contributed by atoms with van der Waals surface area (Å²) in [4.78, 5) is 14.8. The average Bonchev–Trinajstić information content (AvgIpc) is 2.35. The lowest BCUT2D eigenvalue weighted by Gasteiger charge is -2.04. The van der Waals surface area contributed by atoms with Crippen LogP contribution < -0.4 is 0 Å². The summed E-state index contributed by atoms with van der Waals surface area (Å²) in [5.74, 6) is -0.369. The van der Waals surface area contributed by atoms with Gasteiger partial charge in [-0.05, 0) is 13.8 Å². The minimum atomic E-state index is -0.369. The minimum absolute atomic E-state index is 0.0913. The Kier molecular flexibility index (Phi) is 2.59. The van der Waals surface area contributed by atoms with Gasteiger partial charge < -0.3 is 4.74 Å². The van der Waals surface area contributed by atoms with E-state index in [1.54, 1.807) is 13.8 Å². The summed E-state index contributed by atoms with van der Waals surface area (Å²) < 4.78 is 4.88. The first-order valence-electron chi connectivity index (χ1n) is 3.23. The van der Waals surface area contributed by atoms with Crippen LogP contribution in [0.15, 0.2) is 6.20 Å². The van der Waals surface area contributed by atoms with Crippen LogP contribution in [0.5, 0.6) is 0 Å². The van der Waals surface area contributed by atoms with Gasteiger partial charge in [0, 0.05) is 6.20 Å². The molecule has 0 aromatic carbocycles. The summed E-state index contributed by atoms with van der Waals surface area (Å²) in [6.07, 6.45) is 1.37. The van der Waals surface area contributed by atoms with E-state index >= 15 is 0 Å². The van der Waals surface area contributed by atoms with Crippen LogP contribution in [0.3, 0.4) is 0 Å². The number of carbonyl (C=O) groups excluding carboxylic acids is 1. The summed E-state index contributed by atoms with van der Waals surface area (Å²) in [6.45, 7) is 3.60. The number of nitrogens with zero attached hydrogens (tertiary/aromatic N) is 1. The zero-order valence-electron chi connectivity index (χ0n) is 6.33. The predicted molar refractivity (Wildman–Crippen MR) is 41.5 cm³/mol. The fourth-order valence-corrected chi connectivity index (χ4v) is 1.01. The van der Waals surface area contributed by atoms with Gasteiger partial charge >= 0.3 is 5.97 Å². The molecule has 0 aliphatic heterocycles. The zero-order valence-corrected chi connectivity index (χ0v) is 7.14. The Labute approximate surface area is 69.0 Å². The molecule has 1 aromatic rings. The Morgan fingerprint density at radius 2 is 2.55 bits per heavy atom. The van der Waals surface area contributed by atoms with Crippen molar-refractivity contribution in [2.45, 2.75) is 20.0 Å². The van der Waals surface area contributed by atoms with E-state index in [1.807, 2.05) is 0 Å². The largest absolute Gasteiger partial charge is 0.458 e. The quantitative estimate of drug-likeness (QED) is 0.631. The summed E-state index contributed by atoms with van der Waals surface area (Å²) in [5, 5.41) is 3.07. The van der Waals surface area contributed by atoms with Crippen molar-refractivity contribution in [1.29, 1.82) is 0 Å². The first-order chi connectivity index (χ1) is 5.20. The number of esters is 1. The smallest absolute Gasteiger partial charge is 0.367 e. The number of carbonyl (C=O) groups is 1. The van der Waals surface area contributed by atoms with E-state index in [0.717, 1.165) is 11.3 Å². The molecule has 1 rings (SSSR count). The van der Waals surface area contributed by atoms with Crippen molar-refractivity contribution < 1.29 is 9.53 Å². The van der Waals surface area contributed by atoms with E-state index in [0.29, 0.717) is 5.01 Å². The highest BCUT2D eigenvalue weighted by molar-refractivity contribution is 7.11. The molecule has 0 saturated heterocycles. The molecule has 0 unspecified atom stereocenters. The third kappa shape index (κ3) is 2.31. The number of aromatic nitrogens is 1. The van der Waals surface area contributed by atoms with Crippen molar-refractivity contribution in [3.05, 3.63) is 16.6 Å². The van der Waals surface area contributed by atoms with Crippen LogP contribution in [0.2, 0.25) is 0 Å². The highest BCUT2D eigenvalue weighted by atomic mass is 32.1. The molecule has 11 heavy (non-hydrogen) atoms. The lowest BCUT2D eigenvalue weighted by atomic mass is 10.5. The normalized spacial score (nSPS) is 10.1. The minimum Gasteiger partial charge on any atom is -0.458 e. The lowest BCUT2D eigenvalue weighted by Crippen LogP contribution is -2.10. The van der Waals surface area contributed by atoms with Gasteiger partial charge in [-0.3, -0.25) is 0 Å². The predicted octanol–water partition coefficient (Wildman–Crippen LogP) is 1.51. The van der Waals surface area contributed by atoms with Crippen molar-refractivity contribution in [3.63, 3.8) is 0 Å². The van der Waals surface area contributed by atoms with Gasteiger partial charge in [0.15, 0.2) is 0 Å². The molecule has 0 amide bonds. The molecule has 0 bridgehead atoms. The molecule has 1 radical (unpaired) electrons. The Bertz CT molecular complexity index is 231. The Morgan fingerprint density at radius 1 is 1.82 bits per heavy atom. The first-order valence-corrected chi connectivity index (χ1v) is 4.04. The molecule has 0 saturated carbocycles. The van der Waals surface area contributed by atoms with Gasteiger partial charge in [-0.1, -0.05) is 0 Å². The van der Waals surface area contributed by atoms with E-state index in [4.69, 9.17) is 4.74 Å². The number of ether oxygens (including phenoxy) is 1. The molecular formula is C7H8NO2S. The fourth-order valence-electron chi connectivity index (χ4n) is 0.552. The summed E-state index contributed by atoms with van der Waals surface area (Å²) in [5.41, 5.74) is 0. The molecule has 1 heterocycles. The van der Waals surface area contributed by atoms with Gasteiger partial charge in [-0.2, -0.15) is 0 Å². The Morgan fingerprint density at radius 3 is 3.00 bits per heavy atom. The van der Waals surface area contributed by atoms with Gasteiger partial charge in [-0.15, -0.1) is 11.3 Å². The van der Waals surface area contributed by atoms with Gasteiger partial charge in [-0.25, -0.2) is 9.78 Å². The third-order valence-corrected chi connectivity index (χ3v) is 1.60. The standard InChI is InChI=1S/C7H8NO2S/c1-5(2)10-7(9)6-8-3-4-11-6/h3,5H,1-2H3. The highest BCUT2D eigenvalue weighted by Gasteiger charge is 2.10. The molecular weight excluding hydrogens is 162 g/mol. The van der Waals surface area contributed by atoms with Crippen LogP contribution in [0.4, 0.5) is 0 Å². The molecule has 0 spiro atoms. The van der Waals surface area contributed by atoms with Gasteiger partial charge in [0.05, 0.1) is 11.5 Å². The number of rotatable bonds is 2.